The maximum Gasteiger partial charge on any atom is 0.223 e. The number of methoxy groups -OCH3 is 1. The first kappa shape index (κ1) is 14.1. The highest BCUT2D eigenvalue weighted by molar-refractivity contribution is 5.35. The lowest BCUT2D eigenvalue weighted by atomic mass is 10.1. The SMILES string of the molecule is COc1c([C@@H]2CCCN2Cc2noc(C)n2)c(C)nn1C. The Morgan fingerprint density at radius 3 is 2.86 bits per heavy atom. The minimum Gasteiger partial charge on any atom is -0.481 e. The van der Waals surface area contributed by atoms with E-state index in [1.807, 2.05) is 20.9 Å². The molecule has 0 unspecified atom stereocenters. The molecule has 2 aromatic heterocycles. The smallest absolute Gasteiger partial charge is 0.223 e. The molecule has 114 valence electrons. The average Bonchev–Trinajstić information content (AvgIpc) is 3.10. The summed E-state index contributed by atoms with van der Waals surface area (Å²) in [4.78, 5) is 6.67. The average molecular weight is 291 g/mol. The van der Waals surface area contributed by atoms with E-state index in [0.717, 1.165) is 36.8 Å². The van der Waals surface area contributed by atoms with E-state index < -0.39 is 0 Å². The standard InChI is InChI=1S/C14H21N5O2/c1-9-13(14(20-4)18(3)16-9)11-6-5-7-19(11)8-12-15-10(2)21-17-12/h11H,5-8H2,1-4H3/t11-/m0/s1. The molecule has 7 nitrogen and oxygen atoms in total. The van der Waals surface area contributed by atoms with Gasteiger partial charge in [0.1, 0.15) is 0 Å². The molecule has 3 heterocycles. The molecule has 0 radical (unpaired) electrons. The second kappa shape index (κ2) is 5.48. The van der Waals surface area contributed by atoms with Crippen molar-refractivity contribution < 1.29 is 9.26 Å². The van der Waals surface area contributed by atoms with E-state index in [1.165, 1.54) is 5.56 Å². The molecule has 0 amide bonds. The van der Waals surface area contributed by atoms with Crippen molar-refractivity contribution in [3.05, 3.63) is 23.0 Å². The van der Waals surface area contributed by atoms with Crippen molar-refractivity contribution in [3.8, 4) is 5.88 Å². The van der Waals surface area contributed by atoms with Crippen molar-refractivity contribution in [3.63, 3.8) is 0 Å². The molecule has 1 aliphatic heterocycles. The molecule has 7 heteroatoms. The maximum absolute atomic E-state index is 5.54. The van der Waals surface area contributed by atoms with Crippen LogP contribution in [0.4, 0.5) is 0 Å². The Bertz CT molecular complexity index is 633. The number of aromatic nitrogens is 4. The third kappa shape index (κ3) is 2.53. The van der Waals surface area contributed by atoms with Crippen LogP contribution in [-0.2, 0) is 13.6 Å². The molecule has 1 aliphatic rings. The normalized spacial score (nSPS) is 19.3. The van der Waals surface area contributed by atoms with Gasteiger partial charge in [0.05, 0.1) is 24.9 Å². The summed E-state index contributed by atoms with van der Waals surface area (Å²) in [7, 11) is 3.61. The van der Waals surface area contributed by atoms with Gasteiger partial charge in [-0.25, -0.2) is 4.68 Å². The van der Waals surface area contributed by atoms with Crippen molar-refractivity contribution >= 4 is 0 Å². The van der Waals surface area contributed by atoms with Crippen LogP contribution < -0.4 is 4.74 Å². The molecule has 0 spiro atoms. The van der Waals surface area contributed by atoms with Crippen LogP contribution in [0.3, 0.4) is 0 Å². The van der Waals surface area contributed by atoms with E-state index >= 15 is 0 Å². The van der Waals surface area contributed by atoms with Crippen LogP contribution in [0.15, 0.2) is 4.52 Å². The van der Waals surface area contributed by atoms with E-state index in [9.17, 15) is 0 Å². The third-order valence-corrected chi connectivity index (χ3v) is 4.02. The number of hydrogen-bond acceptors (Lipinski definition) is 6. The zero-order valence-electron chi connectivity index (χ0n) is 13.0. The highest BCUT2D eigenvalue weighted by atomic mass is 16.5. The summed E-state index contributed by atoms with van der Waals surface area (Å²) in [5, 5.41) is 8.49. The summed E-state index contributed by atoms with van der Waals surface area (Å²) in [6.45, 7) is 5.56. The van der Waals surface area contributed by atoms with Crippen LogP contribution in [0, 0.1) is 13.8 Å². The van der Waals surface area contributed by atoms with Gasteiger partial charge in [-0.2, -0.15) is 10.1 Å². The lowest BCUT2D eigenvalue weighted by molar-refractivity contribution is 0.231. The van der Waals surface area contributed by atoms with Gasteiger partial charge in [0.2, 0.25) is 11.8 Å². The molecule has 3 rings (SSSR count). The summed E-state index contributed by atoms with van der Waals surface area (Å²) in [5.74, 6) is 2.18. The van der Waals surface area contributed by atoms with E-state index in [4.69, 9.17) is 9.26 Å². The number of aryl methyl sites for hydroxylation is 3. The van der Waals surface area contributed by atoms with Gasteiger partial charge < -0.3 is 9.26 Å². The molecule has 1 fully saturated rings. The molecule has 21 heavy (non-hydrogen) atoms. The summed E-state index contributed by atoms with van der Waals surface area (Å²) in [5.41, 5.74) is 2.20. The second-order valence-corrected chi connectivity index (χ2v) is 5.49. The topological polar surface area (TPSA) is 69.2 Å². The zero-order valence-corrected chi connectivity index (χ0v) is 13.0. The molecule has 0 aliphatic carbocycles. The molecule has 0 aromatic carbocycles. The number of ether oxygens (including phenoxy) is 1. The number of likely N-dealkylation sites (tertiary alicyclic amines) is 1. The Balaban J connectivity index is 1.87. The van der Waals surface area contributed by atoms with E-state index in [2.05, 4.69) is 20.1 Å². The fraction of sp³-hybridized carbons (Fsp3) is 0.643. The van der Waals surface area contributed by atoms with Crippen molar-refractivity contribution in [1.29, 1.82) is 0 Å². The second-order valence-electron chi connectivity index (χ2n) is 5.49. The monoisotopic (exact) mass is 291 g/mol. The molecule has 0 bridgehead atoms. The highest BCUT2D eigenvalue weighted by Gasteiger charge is 2.32. The van der Waals surface area contributed by atoms with Gasteiger partial charge in [0.15, 0.2) is 5.82 Å². The van der Waals surface area contributed by atoms with Gasteiger partial charge in [-0.05, 0) is 26.3 Å². The van der Waals surface area contributed by atoms with Crippen LogP contribution >= 0.6 is 0 Å². The first-order valence-corrected chi connectivity index (χ1v) is 7.21. The van der Waals surface area contributed by atoms with E-state index in [1.54, 1.807) is 11.8 Å². The van der Waals surface area contributed by atoms with Crippen LogP contribution in [0.5, 0.6) is 5.88 Å². The molecule has 0 N–H and O–H groups in total. The van der Waals surface area contributed by atoms with Crippen LogP contribution in [0.25, 0.3) is 0 Å². The summed E-state index contributed by atoms with van der Waals surface area (Å²) in [6, 6.07) is 0.299. The third-order valence-electron chi connectivity index (χ3n) is 4.02. The van der Waals surface area contributed by atoms with Crippen molar-refractivity contribution in [1.82, 2.24) is 24.8 Å². The van der Waals surface area contributed by atoms with Crippen molar-refractivity contribution in [2.24, 2.45) is 7.05 Å². The van der Waals surface area contributed by atoms with E-state index in [-0.39, 0.29) is 0 Å². The van der Waals surface area contributed by atoms with Gasteiger partial charge in [-0.15, -0.1) is 0 Å². The Morgan fingerprint density at radius 2 is 2.19 bits per heavy atom. The van der Waals surface area contributed by atoms with Crippen LogP contribution in [0.2, 0.25) is 0 Å². The summed E-state index contributed by atoms with van der Waals surface area (Å²) >= 11 is 0. The van der Waals surface area contributed by atoms with Gasteiger partial charge in [0.25, 0.3) is 0 Å². The van der Waals surface area contributed by atoms with Gasteiger partial charge in [-0.3, -0.25) is 4.90 Å². The fourth-order valence-electron chi connectivity index (χ4n) is 3.21. The summed E-state index contributed by atoms with van der Waals surface area (Å²) < 4.78 is 12.4. The van der Waals surface area contributed by atoms with Gasteiger partial charge >= 0.3 is 0 Å². The van der Waals surface area contributed by atoms with Gasteiger partial charge in [0, 0.05) is 20.0 Å². The molecule has 2 aromatic rings. The lowest BCUT2D eigenvalue weighted by Gasteiger charge is -2.23. The molecule has 1 saturated heterocycles. The molecule has 1 atom stereocenters. The lowest BCUT2D eigenvalue weighted by Crippen LogP contribution is -2.24. The predicted octanol–water partition coefficient (Wildman–Crippen LogP) is 1.77. The molecular formula is C14H21N5O2. The first-order valence-electron chi connectivity index (χ1n) is 7.21. The minimum absolute atomic E-state index is 0.299. The highest BCUT2D eigenvalue weighted by Crippen LogP contribution is 2.39. The Hall–Kier alpha value is -1.89. The minimum atomic E-state index is 0.299. The quantitative estimate of drug-likeness (QED) is 0.855. The van der Waals surface area contributed by atoms with Crippen LogP contribution in [0.1, 0.15) is 41.9 Å². The Kier molecular flexibility index (Phi) is 3.67. The Morgan fingerprint density at radius 1 is 1.38 bits per heavy atom. The first-order chi connectivity index (χ1) is 10.1. The number of hydrogen-bond donors (Lipinski definition) is 0. The van der Waals surface area contributed by atoms with Crippen LogP contribution in [-0.4, -0.2) is 38.5 Å². The molecule has 0 saturated carbocycles. The summed E-state index contributed by atoms with van der Waals surface area (Å²) in [6.07, 6.45) is 2.25. The predicted molar refractivity (Wildman–Crippen MR) is 75.9 cm³/mol. The maximum atomic E-state index is 5.54. The van der Waals surface area contributed by atoms with E-state index in [0.29, 0.717) is 18.5 Å². The number of nitrogens with zero attached hydrogens (tertiary/aromatic N) is 5. The Labute approximate surface area is 123 Å². The number of rotatable bonds is 4. The largest absolute Gasteiger partial charge is 0.481 e. The molecular weight excluding hydrogens is 270 g/mol. The zero-order chi connectivity index (χ0) is 15.0. The fourth-order valence-corrected chi connectivity index (χ4v) is 3.21. The van der Waals surface area contributed by atoms with Crippen molar-refractivity contribution in [2.75, 3.05) is 13.7 Å². The van der Waals surface area contributed by atoms with Gasteiger partial charge in [-0.1, -0.05) is 5.16 Å². The van der Waals surface area contributed by atoms with Crippen molar-refractivity contribution in [2.45, 2.75) is 39.3 Å².